The molecule has 0 aliphatic heterocycles. The molecule has 2 N–H and O–H groups in total. The van der Waals surface area contributed by atoms with Crippen molar-refractivity contribution in [3.8, 4) is 0 Å². The molecule has 1 nitrogen and oxygen atoms in total. The zero-order valence-electron chi connectivity index (χ0n) is 6.88. The second-order valence-corrected chi connectivity index (χ2v) is 2.35. The first-order valence-corrected chi connectivity index (χ1v) is 3.90. The molecule has 0 unspecified atom stereocenters. The first-order valence-electron chi connectivity index (χ1n) is 3.90. The van der Waals surface area contributed by atoms with Gasteiger partial charge in [0.15, 0.2) is 0 Å². The fourth-order valence-corrected chi connectivity index (χ4v) is 0.846. The summed E-state index contributed by atoms with van der Waals surface area (Å²) in [5.74, 6) is 0.719. The van der Waals surface area contributed by atoms with E-state index in [0.29, 0.717) is 0 Å². The van der Waals surface area contributed by atoms with Crippen molar-refractivity contribution in [2.75, 3.05) is 0 Å². The highest BCUT2D eigenvalue weighted by Crippen LogP contribution is 2.08. The summed E-state index contributed by atoms with van der Waals surface area (Å²) in [6.45, 7) is 4.40. The summed E-state index contributed by atoms with van der Waals surface area (Å²) >= 11 is 0. The Morgan fingerprint density at radius 2 is 1.80 bits per heavy atom. The first-order chi connectivity index (χ1) is 4.85. The second-order valence-electron chi connectivity index (χ2n) is 2.35. The predicted molar refractivity (Wildman–Crippen MR) is 46.5 cm³/mol. The third-order valence-corrected chi connectivity index (χ3v) is 1.65. The summed E-state index contributed by atoms with van der Waals surface area (Å²) in [5.41, 5.74) is 5.17. The van der Waals surface area contributed by atoms with Crippen molar-refractivity contribution in [1.82, 2.24) is 0 Å². The van der Waals surface area contributed by atoms with E-state index in [4.69, 9.17) is 5.73 Å². The van der Waals surface area contributed by atoms with Crippen molar-refractivity contribution in [2.45, 2.75) is 26.7 Å². The van der Waals surface area contributed by atoms with Crippen LogP contribution in [0.2, 0.25) is 0 Å². The lowest BCUT2D eigenvalue weighted by atomic mass is 10.0. The molecule has 0 aromatic carbocycles. The molecule has 0 saturated carbocycles. The molecule has 0 amide bonds. The number of hydrogen-bond donors (Lipinski definition) is 1. The van der Waals surface area contributed by atoms with Gasteiger partial charge in [-0.05, 0) is 31.0 Å². The highest BCUT2D eigenvalue weighted by atomic mass is 14.5. The van der Waals surface area contributed by atoms with Gasteiger partial charge in [-0.15, -0.1) is 0 Å². The lowest BCUT2D eigenvalue weighted by Crippen LogP contribution is -1.89. The first kappa shape index (κ1) is 9.28. The molecule has 10 heavy (non-hydrogen) atoms. The molecule has 0 fully saturated rings. The minimum absolute atomic E-state index is 0.719. The largest absolute Gasteiger partial charge is 0.405 e. The molecule has 58 valence electrons. The van der Waals surface area contributed by atoms with E-state index in [1.165, 1.54) is 12.8 Å². The van der Waals surface area contributed by atoms with Gasteiger partial charge in [-0.2, -0.15) is 0 Å². The minimum Gasteiger partial charge on any atom is -0.405 e. The second kappa shape index (κ2) is 6.40. The molecule has 0 rings (SSSR count). The van der Waals surface area contributed by atoms with E-state index in [1.54, 1.807) is 6.20 Å². The summed E-state index contributed by atoms with van der Waals surface area (Å²) in [5, 5.41) is 0. The molecule has 0 radical (unpaired) electrons. The van der Waals surface area contributed by atoms with Crippen molar-refractivity contribution in [2.24, 2.45) is 11.7 Å². The van der Waals surface area contributed by atoms with Crippen LogP contribution in [0.1, 0.15) is 26.7 Å². The van der Waals surface area contributed by atoms with Crippen molar-refractivity contribution < 1.29 is 0 Å². The molecule has 1 heteroatoms. The van der Waals surface area contributed by atoms with Crippen LogP contribution in [0.25, 0.3) is 0 Å². The number of hydrogen-bond acceptors (Lipinski definition) is 1. The van der Waals surface area contributed by atoms with Crippen molar-refractivity contribution in [1.29, 1.82) is 0 Å². The number of allylic oxidation sites excluding steroid dienone is 3. The van der Waals surface area contributed by atoms with E-state index in [1.807, 2.05) is 12.2 Å². The average Bonchev–Trinajstić information content (AvgIpc) is 1.99. The van der Waals surface area contributed by atoms with Crippen LogP contribution in [-0.4, -0.2) is 0 Å². The fourth-order valence-electron chi connectivity index (χ4n) is 0.846. The summed E-state index contributed by atoms with van der Waals surface area (Å²) < 4.78 is 0. The van der Waals surface area contributed by atoms with E-state index in [0.717, 1.165) is 5.92 Å². The fraction of sp³-hybridized carbons (Fsp3) is 0.556. The van der Waals surface area contributed by atoms with Crippen LogP contribution in [0, 0.1) is 5.92 Å². The predicted octanol–water partition coefficient (Wildman–Crippen LogP) is 2.45. The Balaban J connectivity index is 3.60. The van der Waals surface area contributed by atoms with Gasteiger partial charge in [-0.1, -0.05) is 26.0 Å². The van der Waals surface area contributed by atoms with Crippen LogP contribution in [0.3, 0.4) is 0 Å². The van der Waals surface area contributed by atoms with E-state index in [9.17, 15) is 0 Å². The highest BCUT2D eigenvalue weighted by molar-refractivity contribution is 5.02. The van der Waals surface area contributed by atoms with Gasteiger partial charge in [-0.3, -0.25) is 0 Å². The van der Waals surface area contributed by atoms with Gasteiger partial charge in [0.25, 0.3) is 0 Å². The Hall–Kier alpha value is -0.720. The third-order valence-electron chi connectivity index (χ3n) is 1.65. The van der Waals surface area contributed by atoms with E-state index >= 15 is 0 Å². The van der Waals surface area contributed by atoms with Crippen LogP contribution in [-0.2, 0) is 0 Å². The maximum absolute atomic E-state index is 5.17. The maximum atomic E-state index is 5.17. The molecule has 0 spiro atoms. The Morgan fingerprint density at radius 3 is 2.20 bits per heavy atom. The lowest BCUT2D eigenvalue weighted by molar-refractivity contribution is 0.606. The van der Waals surface area contributed by atoms with Crippen molar-refractivity contribution >= 4 is 0 Å². The molecule has 0 heterocycles. The standard InChI is InChI=1S/C9H17N/c1-3-9(4-2)7-5-6-8-10/h5-9H,3-4,10H2,1-2H3/b7-5-,8-6-. The molecule has 0 bridgehead atoms. The topological polar surface area (TPSA) is 26.0 Å². The molecular formula is C9H17N. The maximum Gasteiger partial charge on any atom is -0.00625 e. The monoisotopic (exact) mass is 139 g/mol. The van der Waals surface area contributed by atoms with Crippen molar-refractivity contribution in [3.05, 3.63) is 24.4 Å². The van der Waals surface area contributed by atoms with Gasteiger partial charge in [0, 0.05) is 0 Å². The SMILES string of the molecule is CCC(/C=C\C=C/N)CC. The quantitative estimate of drug-likeness (QED) is 0.595. The minimum atomic E-state index is 0.719. The Morgan fingerprint density at radius 1 is 1.20 bits per heavy atom. The molecule has 0 atom stereocenters. The van der Waals surface area contributed by atoms with E-state index in [-0.39, 0.29) is 0 Å². The molecule has 0 saturated heterocycles. The Labute approximate surface area is 63.6 Å². The smallest absolute Gasteiger partial charge is 0.00625 e. The molecule has 0 aliphatic rings. The average molecular weight is 139 g/mol. The van der Waals surface area contributed by atoms with Gasteiger partial charge in [0.1, 0.15) is 0 Å². The zero-order chi connectivity index (χ0) is 7.82. The molecule has 0 aromatic rings. The molecular weight excluding hydrogens is 122 g/mol. The van der Waals surface area contributed by atoms with Gasteiger partial charge >= 0.3 is 0 Å². The van der Waals surface area contributed by atoms with Crippen LogP contribution >= 0.6 is 0 Å². The number of nitrogens with two attached hydrogens (primary N) is 1. The molecule has 0 aromatic heterocycles. The van der Waals surface area contributed by atoms with Crippen LogP contribution in [0.5, 0.6) is 0 Å². The van der Waals surface area contributed by atoms with Gasteiger partial charge < -0.3 is 5.73 Å². The van der Waals surface area contributed by atoms with Gasteiger partial charge in [-0.25, -0.2) is 0 Å². The number of rotatable bonds is 4. The van der Waals surface area contributed by atoms with Crippen molar-refractivity contribution in [3.63, 3.8) is 0 Å². The van der Waals surface area contributed by atoms with E-state index in [2.05, 4.69) is 19.9 Å². The lowest BCUT2D eigenvalue weighted by Gasteiger charge is -2.02. The highest BCUT2D eigenvalue weighted by Gasteiger charge is 1.94. The zero-order valence-corrected chi connectivity index (χ0v) is 6.88. The summed E-state index contributed by atoms with van der Waals surface area (Å²) in [6.07, 6.45) is 10.1. The third kappa shape index (κ3) is 4.19. The summed E-state index contributed by atoms with van der Waals surface area (Å²) in [4.78, 5) is 0. The molecule has 0 aliphatic carbocycles. The van der Waals surface area contributed by atoms with E-state index < -0.39 is 0 Å². The van der Waals surface area contributed by atoms with Crippen LogP contribution < -0.4 is 5.73 Å². The van der Waals surface area contributed by atoms with Crippen LogP contribution in [0.15, 0.2) is 24.4 Å². The Bertz CT molecular complexity index is 110. The summed E-state index contributed by atoms with van der Waals surface area (Å²) in [6, 6.07) is 0. The Kier molecular flexibility index (Phi) is 5.94. The summed E-state index contributed by atoms with van der Waals surface area (Å²) in [7, 11) is 0. The van der Waals surface area contributed by atoms with Gasteiger partial charge in [0.2, 0.25) is 0 Å². The van der Waals surface area contributed by atoms with Crippen LogP contribution in [0.4, 0.5) is 0 Å². The normalized spacial score (nSPS) is 12.3. The van der Waals surface area contributed by atoms with Gasteiger partial charge in [0.05, 0.1) is 0 Å².